The molecule has 0 amide bonds. The maximum absolute atomic E-state index is 11.9. The van der Waals surface area contributed by atoms with Crippen LogP contribution in [0.4, 0.5) is 5.69 Å². The van der Waals surface area contributed by atoms with Crippen LogP contribution in [-0.2, 0) is 21.5 Å². The molecule has 1 unspecified atom stereocenters. The second kappa shape index (κ2) is 6.91. The van der Waals surface area contributed by atoms with Gasteiger partial charge in [-0.15, -0.1) is 4.47 Å². The van der Waals surface area contributed by atoms with Crippen LogP contribution in [0.15, 0.2) is 54.6 Å². The zero-order chi connectivity index (χ0) is 16.2. The summed E-state index contributed by atoms with van der Waals surface area (Å²) >= 11 is 0. The predicted octanol–water partition coefficient (Wildman–Crippen LogP) is 2.64. The predicted molar refractivity (Wildman–Crippen MR) is 85.6 cm³/mol. The molecular weight excluding hydrogens is 302 g/mol. The first-order chi connectivity index (χ1) is 10.4. The van der Waals surface area contributed by atoms with E-state index in [-0.39, 0.29) is 6.61 Å². The SMILES string of the molecule is CC(O)c1ccc(N(OCc2ccccc2)S(C)(=O)=O)cc1. The molecule has 5 nitrogen and oxygen atoms in total. The quantitative estimate of drug-likeness (QED) is 0.831. The first-order valence-corrected chi connectivity index (χ1v) is 8.68. The van der Waals surface area contributed by atoms with Gasteiger partial charge in [0.15, 0.2) is 0 Å². The summed E-state index contributed by atoms with van der Waals surface area (Å²) in [7, 11) is -3.57. The van der Waals surface area contributed by atoms with Crippen LogP contribution in [0, 0.1) is 0 Å². The van der Waals surface area contributed by atoms with Crippen LogP contribution in [0.1, 0.15) is 24.2 Å². The smallest absolute Gasteiger partial charge is 0.254 e. The van der Waals surface area contributed by atoms with Crippen molar-refractivity contribution >= 4 is 15.7 Å². The van der Waals surface area contributed by atoms with E-state index in [1.165, 1.54) is 0 Å². The minimum Gasteiger partial charge on any atom is -0.389 e. The second-order valence-electron chi connectivity index (χ2n) is 5.02. The molecule has 0 saturated heterocycles. The van der Waals surface area contributed by atoms with E-state index < -0.39 is 16.1 Å². The number of aliphatic hydroxyl groups is 1. The Morgan fingerprint density at radius 1 is 1.09 bits per heavy atom. The molecule has 0 radical (unpaired) electrons. The summed E-state index contributed by atoms with van der Waals surface area (Å²) in [4.78, 5) is 5.46. The van der Waals surface area contributed by atoms with Crippen LogP contribution in [0.25, 0.3) is 0 Å². The number of aliphatic hydroxyl groups excluding tert-OH is 1. The zero-order valence-electron chi connectivity index (χ0n) is 12.5. The second-order valence-corrected chi connectivity index (χ2v) is 6.81. The lowest BCUT2D eigenvalue weighted by Gasteiger charge is -2.21. The Bertz CT molecular complexity index is 697. The molecule has 118 valence electrons. The minimum atomic E-state index is -3.57. The third kappa shape index (κ3) is 4.30. The number of sulfonamides is 1. The van der Waals surface area contributed by atoms with Crippen molar-refractivity contribution in [3.63, 3.8) is 0 Å². The molecule has 1 atom stereocenters. The summed E-state index contributed by atoms with van der Waals surface area (Å²) in [5, 5.41) is 9.50. The van der Waals surface area contributed by atoms with Crippen LogP contribution in [0.2, 0.25) is 0 Å². The zero-order valence-corrected chi connectivity index (χ0v) is 13.3. The van der Waals surface area contributed by atoms with Crippen molar-refractivity contribution in [2.75, 3.05) is 10.7 Å². The van der Waals surface area contributed by atoms with Gasteiger partial charge in [0.1, 0.15) is 6.61 Å². The van der Waals surface area contributed by atoms with Crippen LogP contribution < -0.4 is 4.47 Å². The van der Waals surface area contributed by atoms with Gasteiger partial charge in [-0.1, -0.05) is 42.5 Å². The Morgan fingerprint density at radius 2 is 1.68 bits per heavy atom. The lowest BCUT2D eigenvalue weighted by atomic mass is 10.1. The standard InChI is InChI=1S/C16H19NO4S/c1-13(18)15-8-10-16(11-9-15)17(22(2,19)20)21-12-14-6-4-3-5-7-14/h3-11,13,18H,12H2,1-2H3. The van der Waals surface area contributed by atoms with Gasteiger partial charge in [0.05, 0.1) is 18.0 Å². The van der Waals surface area contributed by atoms with Crippen LogP contribution in [-0.4, -0.2) is 19.8 Å². The average Bonchev–Trinajstić information content (AvgIpc) is 2.47. The van der Waals surface area contributed by atoms with Gasteiger partial charge in [0.25, 0.3) is 10.0 Å². The number of hydrogen-bond acceptors (Lipinski definition) is 4. The maximum Gasteiger partial charge on any atom is 0.254 e. The van der Waals surface area contributed by atoms with Gasteiger partial charge < -0.3 is 5.11 Å². The summed E-state index contributed by atoms with van der Waals surface area (Å²) in [5.41, 5.74) is 1.97. The molecule has 0 aliphatic carbocycles. The molecule has 22 heavy (non-hydrogen) atoms. The molecule has 6 heteroatoms. The van der Waals surface area contributed by atoms with Crippen LogP contribution >= 0.6 is 0 Å². The number of anilines is 1. The molecule has 0 aliphatic heterocycles. The Hall–Kier alpha value is -1.89. The van der Waals surface area contributed by atoms with Crippen molar-refractivity contribution in [2.45, 2.75) is 19.6 Å². The highest BCUT2D eigenvalue weighted by Gasteiger charge is 2.19. The molecule has 2 aromatic carbocycles. The Labute approximate surface area is 130 Å². The largest absolute Gasteiger partial charge is 0.389 e. The molecule has 1 N–H and O–H groups in total. The van der Waals surface area contributed by atoms with Gasteiger partial charge in [-0.25, -0.2) is 8.42 Å². The highest BCUT2D eigenvalue weighted by atomic mass is 32.2. The van der Waals surface area contributed by atoms with E-state index in [0.717, 1.165) is 16.3 Å². The minimum absolute atomic E-state index is 0.145. The molecular formula is C16H19NO4S. The fraction of sp³-hybridized carbons (Fsp3) is 0.250. The Morgan fingerprint density at radius 3 is 2.18 bits per heavy atom. The molecule has 0 bridgehead atoms. The lowest BCUT2D eigenvalue weighted by molar-refractivity contribution is 0.135. The molecule has 0 spiro atoms. The lowest BCUT2D eigenvalue weighted by Crippen LogP contribution is -2.29. The summed E-state index contributed by atoms with van der Waals surface area (Å²) in [6.07, 6.45) is 0.478. The highest BCUT2D eigenvalue weighted by Crippen LogP contribution is 2.22. The fourth-order valence-corrected chi connectivity index (χ4v) is 2.69. The van der Waals surface area contributed by atoms with Crippen molar-refractivity contribution < 1.29 is 18.4 Å². The highest BCUT2D eigenvalue weighted by molar-refractivity contribution is 7.91. The van der Waals surface area contributed by atoms with Gasteiger partial charge in [0, 0.05) is 0 Å². The van der Waals surface area contributed by atoms with E-state index in [9.17, 15) is 13.5 Å². The van der Waals surface area contributed by atoms with E-state index >= 15 is 0 Å². The van der Waals surface area contributed by atoms with Gasteiger partial charge in [-0.05, 0) is 30.2 Å². The summed E-state index contributed by atoms with van der Waals surface area (Å²) in [6.45, 7) is 1.79. The molecule has 0 saturated carbocycles. The van der Waals surface area contributed by atoms with Gasteiger partial charge in [-0.3, -0.25) is 4.84 Å². The van der Waals surface area contributed by atoms with Crippen LogP contribution in [0.5, 0.6) is 0 Å². The molecule has 0 fully saturated rings. The van der Waals surface area contributed by atoms with Gasteiger partial charge in [0.2, 0.25) is 0 Å². The van der Waals surface area contributed by atoms with Gasteiger partial charge >= 0.3 is 0 Å². The number of benzene rings is 2. The first-order valence-electron chi connectivity index (χ1n) is 6.83. The van der Waals surface area contributed by atoms with E-state index in [0.29, 0.717) is 11.3 Å². The third-order valence-electron chi connectivity index (χ3n) is 3.08. The van der Waals surface area contributed by atoms with Crippen molar-refractivity contribution in [1.82, 2.24) is 0 Å². The molecule has 2 aromatic rings. The maximum atomic E-state index is 11.9. The normalized spacial score (nSPS) is 12.9. The van der Waals surface area contributed by atoms with Crippen molar-refractivity contribution in [3.05, 3.63) is 65.7 Å². The Kier molecular flexibility index (Phi) is 5.18. The fourth-order valence-electron chi connectivity index (χ4n) is 1.94. The number of rotatable bonds is 6. The Balaban J connectivity index is 2.20. The monoisotopic (exact) mass is 321 g/mol. The summed E-state index contributed by atoms with van der Waals surface area (Å²) in [5.74, 6) is 0. The number of hydrogen-bond donors (Lipinski definition) is 1. The average molecular weight is 321 g/mol. The summed E-state index contributed by atoms with van der Waals surface area (Å²) < 4.78 is 24.7. The first kappa shape index (κ1) is 16.5. The summed E-state index contributed by atoms with van der Waals surface area (Å²) in [6, 6.07) is 15.9. The van der Waals surface area contributed by atoms with Crippen LogP contribution in [0.3, 0.4) is 0 Å². The van der Waals surface area contributed by atoms with E-state index in [1.807, 2.05) is 30.3 Å². The van der Waals surface area contributed by atoms with Gasteiger partial charge in [-0.2, -0.15) is 0 Å². The van der Waals surface area contributed by atoms with E-state index in [4.69, 9.17) is 4.84 Å². The molecule has 0 aliphatic rings. The third-order valence-corrected chi connectivity index (χ3v) is 4.00. The van der Waals surface area contributed by atoms with E-state index in [1.54, 1.807) is 31.2 Å². The van der Waals surface area contributed by atoms with Crippen molar-refractivity contribution in [1.29, 1.82) is 0 Å². The molecule has 2 rings (SSSR count). The van der Waals surface area contributed by atoms with Crippen molar-refractivity contribution in [2.24, 2.45) is 0 Å². The molecule has 0 heterocycles. The van der Waals surface area contributed by atoms with Crippen molar-refractivity contribution in [3.8, 4) is 0 Å². The number of nitrogens with zero attached hydrogens (tertiary/aromatic N) is 1. The topological polar surface area (TPSA) is 66.8 Å². The van der Waals surface area contributed by atoms with E-state index in [2.05, 4.69) is 0 Å². The molecule has 0 aromatic heterocycles.